The molecule has 0 saturated carbocycles. The molecule has 0 saturated heterocycles. The molecule has 1 atom stereocenters. The summed E-state index contributed by atoms with van der Waals surface area (Å²) >= 11 is 3.14. The van der Waals surface area contributed by atoms with Crippen molar-refractivity contribution >= 4 is 15.9 Å². The lowest BCUT2D eigenvalue weighted by Gasteiger charge is -2.26. The molecule has 1 aromatic rings. The molecule has 0 aliphatic carbocycles. The molecule has 1 nitrogen and oxygen atoms in total. The Labute approximate surface area is 110 Å². The molecule has 0 spiro atoms. The van der Waals surface area contributed by atoms with E-state index < -0.39 is 11.6 Å². The fourth-order valence-corrected chi connectivity index (χ4v) is 2.75. The van der Waals surface area contributed by atoms with Crippen LogP contribution in [-0.4, -0.2) is 7.05 Å². The first-order chi connectivity index (χ1) is 8.06. The van der Waals surface area contributed by atoms with Gasteiger partial charge in [0.25, 0.3) is 0 Å². The summed E-state index contributed by atoms with van der Waals surface area (Å²) in [7, 11) is 1.84. The zero-order chi connectivity index (χ0) is 13.0. The first kappa shape index (κ1) is 14.6. The SMILES string of the molecule is CCC(CC)C(NC)c1ccc(F)c(F)c1Br. The van der Waals surface area contributed by atoms with E-state index in [2.05, 4.69) is 35.1 Å². The Morgan fingerprint density at radius 1 is 1.24 bits per heavy atom. The van der Waals surface area contributed by atoms with Crippen molar-refractivity contribution in [2.45, 2.75) is 32.7 Å². The van der Waals surface area contributed by atoms with E-state index in [1.807, 2.05) is 7.05 Å². The standard InChI is InChI=1S/C13H18BrF2N/c1-4-8(5-2)13(17-3)9-6-7-10(15)12(16)11(9)14/h6-8,13,17H,4-5H2,1-3H3. The molecule has 0 aromatic heterocycles. The highest BCUT2D eigenvalue weighted by Crippen LogP contribution is 2.34. The monoisotopic (exact) mass is 305 g/mol. The van der Waals surface area contributed by atoms with Crippen LogP contribution in [0.25, 0.3) is 0 Å². The van der Waals surface area contributed by atoms with E-state index in [1.165, 1.54) is 6.07 Å². The average Bonchev–Trinajstić information content (AvgIpc) is 2.34. The van der Waals surface area contributed by atoms with Gasteiger partial charge in [-0.15, -0.1) is 0 Å². The molecule has 0 radical (unpaired) electrons. The van der Waals surface area contributed by atoms with Gasteiger partial charge in [-0.3, -0.25) is 0 Å². The summed E-state index contributed by atoms with van der Waals surface area (Å²) < 4.78 is 26.8. The maximum absolute atomic E-state index is 13.5. The van der Waals surface area contributed by atoms with Gasteiger partial charge in [0, 0.05) is 6.04 Å². The van der Waals surface area contributed by atoms with E-state index in [-0.39, 0.29) is 10.5 Å². The molecule has 0 aliphatic heterocycles. The maximum atomic E-state index is 13.5. The molecule has 17 heavy (non-hydrogen) atoms. The Hall–Kier alpha value is -0.480. The van der Waals surface area contributed by atoms with Crippen LogP contribution in [0.3, 0.4) is 0 Å². The van der Waals surface area contributed by atoms with Crippen LogP contribution >= 0.6 is 15.9 Å². The highest BCUT2D eigenvalue weighted by atomic mass is 79.9. The highest BCUT2D eigenvalue weighted by molar-refractivity contribution is 9.10. The van der Waals surface area contributed by atoms with E-state index in [0.29, 0.717) is 5.92 Å². The van der Waals surface area contributed by atoms with Gasteiger partial charge in [0.15, 0.2) is 11.6 Å². The quantitative estimate of drug-likeness (QED) is 0.794. The van der Waals surface area contributed by atoms with E-state index in [0.717, 1.165) is 18.4 Å². The molecule has 96 valence electrons. The number of benzene rings is 1. The van der Waals surface area contributed by atoms with Gasteiger partial charge < -0.3 is 5.32 Å². The first-order valence-corrected chi connectivity index (χ1v) is 6.66. The topological polar surface area (TPSA) is 12.0 Å². The zero-order valence-electron chi connectivity index (χ0n) is 10.4. The molecular formula is C13H18BrF2N. The Bertz CT molecular complexity index is 378. The Kier molecular flexibility index (Phi) is 5.53. The number of rotatable bonds is 5. The molecule has 1 aromatic carbocycles. The summed E-state index contributed by atoms with van der Waals surface area (Å²) in [6.07, 6.45) is 1.99. The summed E-state index contributed by atoms with van der Waals surface area (Å²) in [6.45, 7) is 4.21. The van der Waals surface area contributed by atoms with E-state index in [1.54, 1.807) is 6.07 Å². The van der Waals surface area contributed by atoms with Gasteiger partial charge in [-0.05, 0) is 40.5 Å². The molecule has 0 aliphatic rings. The van der Waals surface area contributed by atoms with Crippen molar-refractivity contribution < 1.29 is 8.78 Å². The van der Waals surface area contributed by atoms with E-state index >= 15 is 0 Å². The van der Waals surface area contributed by atoms with Crippen molar-refractivity contribution in [3.63, 3.8) is 0 Å². The third-order valence-electron chi connectivity index (χ3n) is 3.23. The third kappa shape index (κ3) is 3.05. The molecule has 0 fully saturated rings. The fourth-order valence-electron chi connectivity index (χ4n) is 2.19. The molecule has 0 amide bonds. The minimum atomic E-state index is -0.819. The smallest absolute Gasteiger partial charge is 0.173 e. The van der Waals surface area contributed by atoms with Crippen molar-refractivity contribution in [2.75, 3.05) is 7.05 Å². The van der Waals surface area contributed by atoms with Crippen LogP contribution in [0.2, 0.25) is 0 Å². The van der Waals surface area contributed by atoms with Crippen LogP contribution in [0.15, 0.2) is 16.6 Å². The van der Waals surface area contributed by atoms with Gasteiger partial charge in [0.05, 0.1) is 4.47 Å². The molecule has 4 heteroatoms. The fraction of sp³-hybridized carbons (Fsp3) is 0.538. The second-order valence-corrected chi connectivity index (χ2v) is 4.90. The van der Waals surface area contributed by atoms with Crippen LogP contribution in [0.4, 0.5) is 8.78 Å². The van der Waals surface area contributed by atoms with Gasteiger partial charge >= 0.3 is 0 Å². The molecular weight excluding hydrogens is 288 g/mol. The second kappa shape index (κ2) is 6.45. The lowest BCUT2D eigenvalue weighted by molar-refractivity contribution is 0.356. The van der Waals surface area contributed by atoms with Gasteiger partial charge in [0.1, 0.15) is 0 Å². The van der Waals surface area contributed by atoms with Crippen molar-refractivity contribution in [3.05, 3.63) is 33.8 Å². The second-order valence-electron chi connectivity index (χ2n) is 4.11. The van der Waals surface area contributed by atoms with Gasteiger partial charge in [-0.1, -0.05) is 32.8 Å². The van der Waals surface area contributed by atoms with Crippen LogP contribution in [-0.2, 0) is 0 Å². The molecule has 1 N–H and O–H groups in total. The lowest BCUT2D eigenvalue weighted by Crippen LogP contribution is -2.25. The lowest BCUT2D eigenvalue weighted by atomic mass is 9.89. The predicted octanol–water partition coefficient (Wildman–Crippen LogP) is 4.42. The van der Waals surface area contributed by atoms with Gasteiger partial charge in [-0.2, -0.15) is 0 Å². The number of halogens is 3. The normalized spacial score (nSPS) is 13.1. The average molecular weight is 306 g/mol. The molecule has 0 bridgehead atoms. The van der Waals surface area contributed by atoms with Crippen molar-refractivity contribution in [1.82, 2.24) is 5.32 Å². The van der Waals surface area contributed by atoms with Crippen molar-refractivity contribution in [2.24, 2.45) is 5.92 Å². The number of hydrogen-bond donors (Lipinski definition) is 1. The molecule has 1 unspecified atom stereocenters. The summed E-state index contributed by atoms with van der Waals surface area (Å²) in [5, 5.41) is 3.19. The van der Waals surface area contributed by atoms with Crippen molar-refractivity contribution in [1.29, 1.82) is 0 Å². The Morgan fingerprint density at radius 2 is 1.82 bits per heavy atom. The maximum Gasteiger partial charge on any atom is 0.173 e. The summed E-state index contributed by atoms with van der Waals surface area (Å²) in [6, 6.07) is 2.86. The highest BCUT2D eigenvalue weighted by Gasteiger charge is 2.23. The predicted molar refractivity (Wildman–Crippen MR) is 69.9 cm³/mol. The summed E-state index contributed by atoms with van der Waals surface area (Å²) in [5.74, 6) is -1.23. The summed E-state index contributed by atoms with van der Waals surface area (Å²) in [4.78, 5) is 0. The van der Waals surface area contributed by atoms with Crippen LogP contribution < -0.4 is 5.32 Å². The number of hydrogen-bond acceptors (Lipinski definition) is 1. The van der Waals surface area contributed by atoms with Crippen LogP contribution in [0.1, 0.15) is 38.3 Å². The van der Waals surface area contributed by atoms with Crippen LogP contribution in [0.5, 0.6) is 0 Å². The third-order valence-corrected chi connectivity index (χ3v) is 4.04. The Balaban J connectivity index is 3.16. The first-order valence-electron chi connectivity index (χ1n) is 5.87. The largest absolute Gasteiger partial charge is 0.313 e. The van der Waals surface area contributed by atoms with Gasteiger partial charge in [0.2, 0.25) is 0 Å². The van der Waals surface area contributed by atoms with Crippen LogP contribution in [0, 0.1) is 17.6 Å². The number of nitrogens with one attached hydrogen (secondary N) is 1. The van der Waals surface area contributed by atoms with Crippen molar-refractivity contribution in [3.8, 4) is 0 Å². The minimum absolute atomic E-state index is 0.0366. The van der Waals surface area contributed by atoms with E-state index in [9.17, 15) is 8.78 Å². The zero-order valence-corrected chi connectivity index (χ0v) is 11.9. The van der Waals surface area contributed by atoms with Gasteiger partial charge in [-0.25, -0.2) is 8.78 Å². The van der Waals surface area contributed by atoms with E-state index in [4.69, 9.17) is 0 Å². The Morgan fingerprint density at radius 3 is 2.29 bits per heavy atom. The minimum Gasteiger partial charge on any atom is -0.313 e. The summed E-state index contributed by atoms with van der Waals surface area (Å²) in [5.41, 5.74) is 0.778. The molecule has 0 heterocycles. The molecule has 1 rings (SSSR count).